The highest BCUT2D eigenvalue weighted by Gasteiger charge is 2.47. The molecular formula is C14H23N5O5PS-. The molecular weight excluding hydrogens is 381 g/mol. The summed E-state index contributed by atoms with van der Waals surface area (Å²) in [6, 6.07) is 5.72. The van der Waals surface area contributed by atoms with Crippen LogP contribution in [0.3, 0.4) is 0 Å². The molecule has 26 heavy (non-hydrogen) atoms. The van der Waals surface area contributed by atoms with Gasteiger partial charge in [0.05, 0.1) is 23.6 Å². The van der Waals surface area contributed by atoms with E-state index >= 15 is 0 Å². The highest BCUT2D eigenvalue weighted by molar-refractivity contribution is 8.26. The summed E-state index contributed by atoms with van der Waals surface area (Å²) in [4.78, 5) is 0.0431. The number of hydrogen-bond donors (Lipinski definition) is 3. The molecule has 12 heteroatoms. The maximum atomic E-state index is 13.2. The molecule has 2 rings (SSSR count). The fourth-order valence-electron chi connectivity index (χ4n) is 2.14. The topological polar surface area (TPSA) is 150 Å². The smallest absolute Gasteiger partial charge is 0.388 e. The van der Waals surface area contributed by atoms with Crippen molar-refractivity contribution in [3.63, 3.8) is 0 Å². The lowest BCUT2D eigenvalue weighted by Crippen LogP contribution is -2.56. The first-order chi connectivity index (χ1) is 11.9. The molecule has 0 bridgehead atoms. The Labute approximate surface area is 156 Å². The zero-order valence-electron chi connectivity index (χ0n) is 14.9. The Bertz CT molecular complexity index is 696. The number of thioether (sulfide) groups is 1. The molecule has 0 saturated carbocycles. The second-order valence-corrected chi connectivity index (χ2v) is 9.53. The summed E-state index contributed by atoms with van der Waals surface area (Å²) in [6.07, 6.45) is -0.734. The van der Waals surface area contributed by atoms with E-state index in [0.29, 0.717) is 5.69 Å². The highest BCUT2D eigenvalue weighted by Crippen LogP contribution is 2.58. The third-order valence-corrected chi connectivity index (χ3v) is 6.69. The van der Waals surface area contributed by atoms with Crippen molar-refractivity contribution in [1.29, 1.82) is 0 Å². The van der Waals surface area contributed by atoms with Gasteiger partial charge in [-0.1, -0.05) is 0 Å². The molecule has 146 valence electrons. The molecule has 10 nitrogen and oxygen atoms in total. The maximum Gasteiger partial charge on any atom is 0.388 e. The van der Waals surface area contributed by atoms with Crippen molar-refractivity contribution in [2.75, 3.05) is 10.2 Å². The second-order valence-electron chi connectivity index (χ2n) is 6.14. The number of benzene rings is 1. The fraction of sp³-hybridized carbons (Fsp3) is 0.500. The zero-order valence-corrected chi connectivity index (χ0v) is 16.6. The van der Waals surface area contributed by atoms with Gasteiger partial charge in [-0.3, -0.25) is 21.2 Å². The Morgan fingerprint density at radius 1 is 1.23 bits per heavy atom. The monoisotopic (exact) mass is 404 g/mol. The van der Waals surface area contributed by atoms with E-state index < -0.39 is 12.7 Å². The van der Waals surface area contributed by atoms with Gasteiger partial charge in [-0.25, -0.2) is 5.01 Å². The number of hydrogen-bond acceptors (Lipinski definition) is 11. The van der Waals surface area contributed by atoms with Gasteiger partial charge in [-0.2, -0.15) is 5.10 Å². The number of hydrazone groups is 1. The van der Waals surface area contributed by atoms with E-state index in [1.165, 1.54) is 29.3 Å². The van der Waals surface area contributed by atoms with Gasteiger partial charge in [-0.05, 0) is 63.7 Å². The molecule has 1 aliphatic heterocycles. The predicted molar refractivity (Wildman–Crippen MR) is 103 cm³/mol. The first-order valence-corrected chi connectivity index (χ1v) is 10.2. The van der Waals surface area contributed by atoms with E-state index in [1.54, 1.807) is 27.7 Å². The highest BCUT2D eigenvalue weighted by atomic mass is 32.2. The van der Waals surface area contributed by atoms with Crippen molar-refractivity contribution in [3.8, 4) is 0 Å². The van der Waals surface area contributed by atoms with Crippen LogP contribution in [0.25, 0.3) is 0 Å². The standard InChI is InChI=1S/C14H23N5O5PS/c1-9(2)23-25(22,24-10(3)4)13-17-18(14(15,16)26-13)11-5-7-12(8-6-11)19(20)21/h5-10,20H,15-16H2,1-4H3/q-1. The average Bonchev–Trinajstić information content (AvgIpc) is 2.82. The molecule has 1 heterocycles. The summed E-state index contributed by atoms with van der Waals surface area (Å²) in [6.45, 7) is 6.92. The molecule has 0 spiro atoms. The molecule has 0 amide bonds. The number of nitrogens with zero attached hydrogens (tertiary/aromatic N) is 3. The second kappa shape index (κ2) is 7.83. The summed E-state index contributed by atoms with van der Waals surface area (Å²) in [5, 5.41) is 23.5. The zero-order chi connectivity index (χ0) is 19.7. The van der Waals surface area contributed by atoms with Crippen LogP contribution in [0.4, 0.5) is 11.4 Å². The van der Waals surface area contributed by atoms with Crippen molar-refractivity contribution >= 4 is 35.5 Å². The Morgan fingerprint density at radius 3 is 2.15 bits per heavy atom. The summed E-state index contributed by atoms with van der Waals surface area (Å²) in [5.74, 6) is 0. The molecule has 0 aliphatic carbocycles. The van der Waals surface area contributed by atoms with Crippen molar-refractivity contribution in [2.24, 2.45) is 16.6 Å². The lowest BCUT2D eigenvalue weighted by molar-refractivity contribution is 0.152. The predicted octanol–water partition coefficient (Wildman–Crippen LogP) is 2.78. The van der Waals surface area contributed by atoms with Gasteiger partial charge >= 0.3 is 7.60 Å². The molecule has 1 aromatic carbocycles. The first kappa shape index (κ1) is 21.1. The molecule has 0 aromatic heterocycles. The summed E-state index contributed by atoms with van der Waals surface area (Å²) < 4.78 is 24.3. The van der Waals surface area contributed by atoms with Gasteiger partial charge in [0.25, 0.3) is 0 Å². The molecule has 0 atom stereocenters. The van der Waals surface area contributed by atoms with Crippen LogP contribution in [-0.2, 0) is 13.6 Å². The van der Waals surface area contributed by atoms with Gasteiger partial charge in [-0.15, -0.1) is 0 Å². The Kier molecular flexibility index (Phi) is 6.36. The fourth-order valence-corrected chi connectivity index (χ4v) is 5.47. The van der Waals surface area contributed by atoms with E-state index in [-0.39, 0.29) is 27.9 Å². The molecule has 0 fully saturated rings. The Morgan fingerprint density at radius 2 is 1.73 bits per heavy atom. The largest absolute Gasteiger partial charge is 0.733 e. The van der Waals surface area contributed by atoms with E-state index in [1.807, 2.05) is 0 Å². The van der Waals surface area contributed by atoms with E-state index in [0.717, 1.165) is 11.8 Å². The third-order valence-electron chi connectivity index (χ3n) is 3.02. The molecule has 0 radical (unpaired) electrons. The van der Waals surface area contributed by atoms with Crippen LogP contribution in [0.5, 0.6) is 0 Å². The van der Waals surface area contributed by atoms with E-state index in [4.69, 9.17) is 25.7 Å². The maximum absolute atomic E-state index is 13.2. The lowest BCUT2D eigenvalue weighted by Gasteiger charge is -2.29. The minimum atomic E-state index is -3.73. The van der Waals surface area contributed by atoms with Crippen LogP contribution in [0, 0.1) is 5.21 Å². The molecule has 1 aliphatic rings. The van der Waals surface area contributed by atoms with Crippen LogP contribution in [0.2, 0.25) is 0 Å². The van der Waals surface area contributed by atoms with Gasteiger partial charge in [0.2, 0.25) is 9.90 Å². The number of rotatable bonds is 7. The minimum Gasteiger partial charge on any atom is -0.733 e. The van der Waals surface area contributed by atoms with Crippen LogP contribution in [0.15, 0.2) is 29.4 Å². The number of nitrogens with two attached hydrogens (primary N) is 2. The van der Waals surface area contributed by atoms with Crippen LogP contribution < -0.4 is 21.7 Å². The van der Waals surface area contributed by atoms with Gasteiger partial charge in [0.1, 0.15) is 0 Å². The van der Waals surface area contributed by atoms with E-state index in [9.17, 15) is 9.77 Å². The van der Waals surface area contributed by atoms with Gasteiger partial charge in [0, 0.05) is 0 Å². The van der Waals surface area contributed by atoms with Crippen molar-refractivity contribution < 1.29 is 18.8 Å². The minimum absolute atomic E-state index is 0.0291. The lowest BCUT2D eigenvalue weighted by atomic mass is 10.3. The normalized spacial score (nSPS) is 17.2. The van der Waals surface area contributed by atoms with Crippen LogP contribution >= 0.6 is 19.4 Å². The summed E-state index contributed by atoms with van der Waals surface area (Å²) in [7, 11) is -3.73. The quantitative estimate of drug-likeness (QED) is 0.351. The molecule has 0 saturated heterocycles. The third kappa shape index (κ3) is 4.76. The summed E-state index contributed by atoms with van der Waals surface area (Å²) >= 11 is 0.869. The Balaban J connectivity index is 2.38. The van der Waals surface area contributed by atoms with Crippen molar-refractivity contribution in [1.82, 2.24) is 0 Å². The summed E-state index contributed by atoms with van der Waals surface area (Å²) in [5.41, 5.74) is 12.7. The van der Waals surface area contributed by atoms with Gasteiger partial charge in [0.15, 0.2) is 0 Å². The van der Waals surface area contributed by atoms with Gasteiger partial charge < -0.3 is 19.5 Å². The van der Waals surface area contributed by atoms with Crippen LogP contribution in [0.1, 0.15) is 27.7 Å². The Hall–Kier alpha value is -1.17. The average molecular weight is 404 g/mol. The van der Waals surface area contributed by atoms with Crippen LogP contribution in [-0.4, -0.2) is 27.3 Å². The molecule has 0 unspecified atom stereocenters. The van der Waals surface area contributed by atoms with Crippen molar-refractivity contribution in [2.45, 2.75) is 45.0 Å². The SMILES string of the molecule is CC(C)OP(=O)(OC(C)C)C1=NN(c2ccc(N([O-])O)cc2)C(N)(N)S1. The molecule has 5 N–H and O–H groups in total. The number of anilines is 2. The molecule has 1 aromatic rings. The van der Waals surface area contributed by atoms with Crippen molar-refractivity contribution in [3.05, 3.63) is 29.5 Å². The first-order valence-electron chi connectivity index (χ1n) is 7.84. The van der Waals surface area contributed by atoms with E-state index in [2.05, 4.69) is 5.10 Å².